The van der Waals surface area contributed by atoms with E-state index in [-0.39, 0.29) is 11.8 Å². The third-order valence-corrected chi connectivity index (χ3v) is 5.23. The van der Waals surface area contributed by atoms with Crippen LogP contribution in [0.3, 0.4) is 0 Å². The molecule has 0 aromatic rings. The smallest absolute Gasteiger partial charge is 0.307 e. The number of nitrogens with zero attached hydrogens (tertiary/aromatic N) is 2. The van der Waals surface area contributed by atoms with E-state index in [1.165, 1.54) is 0 Å². The van der Waals surface area contributed by atoms with E-state index in [1.54, 1.807) is 0 Å². The summed E-state index contributed by atoms with van der Waals surface area (Å²) in [6, 6.07) is 0.505. The molecular weight excluding hydrogens is 268 g/mol. The molecule has 21 heavy (non-hydrogen) atoms. The van der Waals surface area contributed by atoms with E-state index < -0.39 is 11.9 Å². The van der Waals surface area contributed by atoms with Gasteiger partial charge in [-0.05, 0) is 32.6 Å². The van der Waals surface area contributed by atoms with Gasteiger partial charge in [0, 0.05) is 32.2 Å². The van der Waals surface area contributed by atoms with Crippen LogP contribution in [0.2, 0.25) is 0 Å². The van der Waals surface area contributed by atoms with E-state index in [1.807, 2.05) is 4.90 Å². The number of hydrogen-bond donors (Lipinski definition) is 1. The van der Waals surface area contributed by atoms with Crippen molar-refractivity contribution in [2.24, 2.45) is 17.8 Å². The van der Waals surface area contributed by atoms with Gasteiger partial charge >= 0.3 is 5.97 Å². The van der Waals surface area contributed by atoms with Crippen LogP contribution in [0.1, 0.15) is 40.0 Å². The van der Waals surface area contributed by atoms with Crippen LogP contribution in [-0.4, -0.2) is 59.0 Å². The van der Waals surface area contributed by atoms with Crippen molar-refractivity contribution < 1.29 is 14.7 Å². The minimum atomic E-state index is -0.801. The second kappa shape index (κ2) is 6.77. The summed E-state index contributed by atoms with van der Waals surface area (Å²) in [5.41, 5.74) is 0. The predicted molar refractivity (Wildman–Crippen MR) is 80.9 cm³/mol. The maximum atomic E-state index is 12.7. The molecule has 5 heteroatoms. The second-order valence-corrected chi connectivity index (χ2v) is 6.75. The van der Waals surface area contributed by atoms with Crippen molar-refractivity contribution in [3.63, 3.8) is 0 Å². The topological polar surface area (TPSA) is 60.9 Å². The van der Waals surface area contributed by atoms with E-state index in [0.717, 1.165) is 39.0 Å². The quantitative estimate of drug-likeness (QED) is 0.857. The van der Waals surface area contributed by atoms with Gasteiger partial charge in [0.15, 0.2) is 0 Å². The van der Waals surface area contributed by atoms with Crippen molar-refractivity contribution in [1.82, 2.24) is 9.80 Å². The molecule has 1 saturated carbocycles. The van der Waals surface area contributed by atoms with E-state index in [9.17, 15) is 14.7 Å². The lowest BCUT2D eigenvalue weighted by atomic mass is 9.94. The standard InChI is InChI=1S/C16H28N2O3/c1-4-12-9-13(14(10-12)16(20)21)15(19)18-7-5-17(6-8-18)11(2)3/h11-14H,4-10H2,1-3H3,(H,20,21). The first-order chi connectivity index (χ1) is 9.93. The molecule has 0 aromatic heterocycles. The fraction of sp³-hybridized carbons (Fsp3) is 0.875. The van der Waals surface area contributed by atoms with Crippen molar-refractivity contribution in [1.29, 1.82) is 0 Å². The fourth-order valence-electron chi connectivity index (χ4n) is 3.72. The average Bonchev–Trinajstić information content (AvgIpc) is 2.91. The molecule has 3 atom stereocenters. The SMILES string of the molecule is CCC1CC(C(=O)O)C(C(=O)N2CCN(C(C)C)CC2)C1. The molecule has 2 fully saturated rings. The molecule has 2 aliphatic rings. The molecule has 1 aliphatic heterocycles. The Morgan fingerprint density at radius 2 is 1.67 bits per heavy atom. The number of carboxylic acids is 1. The Hall–Kier alpha value is -1.10. The molecule has 0 radical (unpaired) electrons. The summed E-state index contributed by atoms with van der Waals surface area (Å²) in [7, 11) is 0. The normalized spacial score (nSPS) is 30.9. The largest absolute Gasteiger partial charge is 0.481 e. The zero-order valence-electron chi connectivity index (χ0n) is 13.4. The van der Waals surface area contributed by atoms with E-state index in [0.29, 0.717) is 18.4 Å². The van der Waals surface area contributed by atoms with Gasteiger partial charge in [-0.1, -0.05) is 13.3 Å². The highest BCUT2D eigenvalue weighted by molar-refractivity contribution is 5.85. The van der Waals surface area contributed by atoms with Crippen LogP contribution in [0.15, 0.2) is 0 Å². The van der Waals surface area contributed by atoms with Crippen LogP contribution >= 0.6 is 0 Å². The summed E-state index contributed by atoms with van der Waals surface area (Å²) in [4.78, 5) is 28.4. The number of carboxylic acid groups (broad SMARTS) is 1. The number of carbonyl (C=O) groups excluding carboxylic acids is 1. The van der Waals surface area contributed by atoms with Crippen LogP contribution < -0.4 is 0 Å². The van der Waals surface area contributed by atoms with Crippen molar-refractivity contribution >= 4 is 11.9 Å². The van der Waals surface area contributed by atoms with Gasteiger partial charge in [-0.15, -0.1) is 0 Å². The van der Waals surface area contributed by atoms with Crippen molar-refractivity contribution in [2.45, 2.75) is 46.1 Å². The van der Waals surface area contributed by atoms with Gasteiger partial charge in [-0.25, -0.2) is 0 Å². The number of aliphatic carboxylic acids is 1. The molecule has 0 aromatic carbocycles. The minimum absolute atomic E-state index is 0.0711. The number of hydrogen-bond acceptors (Lipinski definition) is 3. The second-order valence-electron chi connectivity index (χ2n) is 6.75. The Balaban J connectivity index is 1.97. The number of rotatable bonds is 4. The Kier molecular flexibility index (Phi) is 5.25. The van der Waals surface area contributed by atoms with Gasteiger partial charge in [0.2, 0.25) is 5.91 Å². The van der Waals surface area contributed by atoms with Gasteiger partial charge in [0.05, 0.1) is 11.8 Å². The number of amides is 1. The Bertz CT molecular complexity index is 389. The summed E-state index contributed by atoms with van der Waals surface area (Å²) >= 11 is 0. The molecule has 3 unspecified atom stereocenters. The Morgan fingerprint density at radius 3 is 2.14 bits per heavy atom. The molecule has 5 nitrogen and oxygen atoms in total. The molecular formula is C16H28N2O3. The highest BCUT2D eigenvalue weighted by Crippen LogP contribution is 2.39. The summed E-state index contributed by atoms with van der Waals surface area (Å²) in [5.74, 6) is -1.13. The monoisotopic (exact) mass is 296 g/mol. The maximum absolute atomic E-state index is 12.7. The van der Waals surface area contributed by atoms with Crippen LogP contribution in [0.25, 0.3) is 0 Å². The summed E-state index contributed by atoms with van der Waals surface area (Å²) in [5, 5.41) is 9.38. The molecule has 1 amide bonds. The maximum Gasteiger partial charge on any atom is 0.307 e. The Morgan fingerprint density at radius 1 is 1.10 bits per heavy atom. The van der Waals surface area contributed by atoms with Crippen LogP contribution in [0.4, 0.5) is 0 Å². The zero-order valence-corrected chi connectivity index (χ0v) is 13.4. The van der Waals surface area contributed by atoms with E-state index >= 15 is 0 Å². The van der Waals surface area contributed by atoms with Crippen LogP contribution in [-0.2, 0) is 9.59 Å². The van der Waals surface area contributed by atoms with Crippen molar-refractivity contribution in [3.05, 3.63) is 0 Å². The molecule has 2 rings (SSSR count). The first-order valence-electron chi connectivity index (χ1n) is 8.19. The molecule has 1 saturated heterocycles. The van der Waals surface area contributed by atoms with Crippen LogP contribution in [0, 0.1) is 17.8 Å². The summed E-state index contributed by atoms with van der Waals surface area (Å²) < 4.78 is 0. The van der Waals surface area contributed by atoms with Gasteiger partial charge in [-0.3, -0.25) is 14.5 Å². The summed E-state index contributed by atoms with van der Waals surface area (Å²) in [6.45, 7) is 9.67. The van der Waals surface area contributed by atoms with Gasteiger partial charge in [0.25, 0.3) is 0 Å². The highest BCUT2D eigenvalue weighted by Gasteiger charge is 2.43. The minimum Gasteiger partial charge on any atom is -0.481 e. The molecule has 0 bridgehead atoms. The van der Waals surface area contributed by atoms with Crippen molar-refractivity contribution in [2.75, 3.05) is 26.2 Å². The lowest BCUT2D eigenvalue weighted by Gasteiger charge is -2.38. The lowest BCUT2D eigenvalue weighted by Crippen LogP contribution is -2.52. The number of piperazine rings is 1. The molecule has 120 valence electrons. The molecule has 1 heterocycles. The zero-order chi connectivity index (χ0) is 15.6. The van der Waals surface area contributed by atoms with Gasteiger partial charge in [0.1, 0.15) is 0 Å². The fourth-order valence-corrected chi connectivity index (χ4v) is 3.72. The van der Waals surface area contributed by atoms with E-state index in [4.69, 9.17) is 0 Å². The predicted octanol–water partition coefficient (Wildman–Crippen LogP) is 1.68. The van der Waals surface area contributed by atoms with Gasteiger partial charge in [-0.2, -0.15) is 0 Å². The van der Waals surface area contributed by atoms with Crippen LogP contribution in [0.5, 0.6) is 0 Å². The first kappa shape index (κ1) is 16.3. The lowest BCUT2D eigenvalue weighted by molar-refractivity contribution is -0.149. The number of carbonyl (C=O) groups is 2. The third kappa shape index (κ3) is 3.57. The highest BCUT2D eigenvalue weighted by atomic mass is 16.4. The van der Waals surface area contributed by atoms with Crippen molar-refractivity contribution in [3.8, 4) is 0 Å². The van der Waals surface area contributed by atoms with Gasteiger partial charge < -0.3 is 10.0 Å². The molecule has 1 N–H and O–H groups in total. The third-order valence-electron chi connectivity index (χ3n) is 5.23. The first-order valence-corrected chi connectivity index (χ1v) is 8.19. The molecule has 0 spiro atoms. The summed E-state index contributed by atoms with van der Waals surface area (Å²) in [6.07, 6.45) is 2.37. The average molecular weight is 296 g/mol. The van der Waals surface area contributed by atoms with E-state index in [2.05, 4.69) is 25.7 Å². The Labute approximate surface area is 127 Å². The molecule has 1 aliphatic carbocycles.